The van der Waals surface area contributed by atoms with Crippen molar-refractivity contribution in [1.29, 1.82) is 0 Å². The smallest absolute Gasteiger partial charge is 0.244 e. The van der Waals surface area contributed by atoms with E-state index in [0.29, 0.717) is 6.54 Å². The Kier molecular flexibility index (Phi) is 5.03. The molecular formula is C22H24N4O. The number of aromatic nitrogens is 2. The van der Waals surface area contributed by atoms with E-state index < -0.39 is 0 Å². The number of carbonyl (C=O) groups excluding carboxylic acids is 1. The van der Waals surface area contributed by atoms with Crippen molar-refractivity contribution in [1.82, 2.24) is 14.7 Å². The predicted octanol–water partition coefficient (Wildman–Crippen LogP) is 3.50. The highest BCUT2D eigenvalue weighted by molar-refractivity contribution is 5.97. The highest BCUT2D eigenvalue weighted by atomic mass is 16.2. The molecule has 1 unspecified atom stereocenters. The molecule has 0 radical (unpaired) electrons. The van der Waals surface area contributed by atoms with Crippen LogP contribution in [0.3, 0.4) is 0 Å². The summed E-state index contributed by atoms with van der Waals surface area (Å²) in [6, 6.07) is 19.9. The van der Waals surface area contributed by atoms with Gasteiger partial charge in [-0.1, -0.05) is 36.4 Å². The summed E-state index contributed by atoms with van der Waals surface area (Å²) < 4.78 is 1.88. The van der Waals surface area contributed by atoms with Crippen molar-refractivity contribution in [2.45, 2.75) is 25.4 Å². The van der Waals surface area contributed by atoms with Gasteiger partial charge in [0, 0.05) is 30.5 Å². The van der Waals surface area contributed by atoms with Gasteiger partial charge in [-0.2, -0.15) is 5.10 Å². The van der Waals surface area contributed by atoms with E-state index in [9.17, 15) is 4.79 Å². The van der Waals surface area contributed by atoms with Crippen LogP contribution < -0.4 is 4.90 Å². The minimum absolute atomic E-state index is 0.0981. The first-order chi connectivity index (χ1) is 13.2. The van der Waals surface area contributed by atoms with E-state index in [4.69, 9.17) is 0 Å². The van der Waals surface area contributed by atoms with Gasteiger partial charge in [0.2, 0.25) is 5.91 Å². The van der Waals surface area contributed by atoms with Crippen LogP contribution in [0.4, 0.5) is 5.69 Å². The summed E-state index contributed by atoms with van der Waals surface area (Å²) in [7, 11) is 2.02. The van der Waals surface area contributed by atoms with Gasteiger partial charge in [-0.15, -0.1) is 0 Å². The molecule has 2 heterocycles. The van der Waals surface area contributed by atoms with Gasteiger partial charge in [-0.3, -0.25) is 9.69 Å². The molecular weight excluding hydrogens is 336 g/mol. The first kappa shape index (κ1) is 17.5. The van der Waals surface area contributed by atoms with Crippen LogP contribution in [0.2, 0.25) is 0 Å². The Morgan fingerprint density at radius 2 is 1.70 bits per heavy atom. The summed E-state index contributed by atoms with van der Waals surface area (Å²) in [5.74, 6) is 0.186. The fraction of sp³-hybridized carbons (Fsp3) is 0.273. The highest BCUT2D eigenvalue weighted by Gasteiger charge is 2.32. The molecule has 1 aliphatic heterocycles. The summed E-state index contributed by atoms with van der Waals surface area (Å²) in [5, 5.41) is 4.46. The Morgan fingerprint density at radius 3 is 2.41 bits per heavy atom. The summed E-state index contributed by atoms with van der Waals surface area (Å²) >= 11 is 0. The first-order valence-corrected chi connectivity index (χ1v) is 9.38. The zero-order valence-electron chi connectivity index (χ0n) is 15.5. The monoisotopic (exact) mass is 360 g/mol. The van der Waals surface area contributed by atoms with Crippen molar-refractivity contribution in [3.8, 4) is 5.69 Å². The van der Waals surface area contributed by atoms with E-state index in [1.807, 2.05) is 89.7 Å². The number of para-hydroxylation sites is 2. The molecule has 138 valence electrons. The molecule has 5 nitrogen and oxygen atoms in total. The number of nitrogens with zero attached hydrogens (tertiary/aromatic N) is 4. The summed E-state index contributed by atoms with van der Waals surface area (Å²) in [4.78, 5) is 17.1. The quantitative estimate of drug-likeness (QED) is 0.699. The number of rotatable bonds is 5. The summed E-state index contributed by atoms with van der Waals surface area (Å²) in [6.45, 7) is 1.49. The number of hydrogen-bond acceptors (Lipinski definition) is 3. The van der Waals surface area contributed by atoms with Crippen LogP contribution in [-0.4, -0.2) is 40.2 Å². The topological polar surface area (TPSA) is 41.4 Å². The third-order valence-electron chi connectivity index (χ3n) is 5.10. The highest BCUT2D eigenvalue weighted by Crippen LogP contribution is 2.24. The first-order valence-electron chi connectivity index (χ1n) is 9.38. The second kappa shape index (κ2) is 7.76. The molecule has 0 N–H and O–H groups in total. The molecule has 0 bridgehead atoms. The third kappa shape index (κ3) is 3.78. The molecule has 0 spiro atoms. The molecule has 0 saturated carbocycles. The Labute approximate surface area is 159 Å². The fourth-order valence-corrected chi connectivity index (χ4v) is 3.69. The Bertz CT molecular complexity index is 891. The average molecular weight is 360 g/mol. The zero-order chi connectivity index (χ0) is 18.6. The van der Waals surface area contributed by atoms with Crippen LogP contribution in [0.25, 0.3) is 5.69 Å². The van der Waals surface area contributed by atoms with Gasteiger partial charge in [-0.05, 0) is 44.2 Å². The molecule has 1 fully saturated rings. The molecule has 5 heteroatoms. The number of carbonyl (C=O) groups is 1. The average Bonchev–Trinajstić information content (AvgIpc) is 3.18. The molecule has 4 rings (SSSR count). The lowest BCUT2D eigenvalue weighted by Crippen LogP contribution is -2.51. The van der Waals surface area contributed by atoms with Crippen molar-refractivity contribution in [3.63, 3.8) is 0 Å². The second-order valence-electron chi connectivity index (χ2n) is 7.03. The van der Waals surface area contributed by atoms with Crippen molar-refractivity contribution < 1.29 is 4.79 Å². The van der Waals surface area contributed by atoms with Gasteiger partial charge >= 0.3 is 0 Å². The fourth-order valence-electron chi connectivity index (χ4n) is 3.69. The van der Waals surface area contributed by atoms with Crippen LogP contribution in [-0.2, 0) is 11.3 Å². The molecule has 1 atom stereocenters. The van der Waals surface area contributed by atoms with Crippen LogP contribution in [0, 0.1) is 0 Å². The van der Waals surface area contributed by atoms with Gasteiger partial charge in [0.1, 0.15) is 0 Å². The van der Waals surface area contributed by atoms with Gasteiger partial charge in [0.15, 0.2) is 0 Å². The van der Waals surface area contributed by atoms with E-state index in [1.54, 1.807) is 0 Å². The van der Waals surface area contributed by atoms with E-state index in [1.165, 1.54) is 0 Å². The van der Waals surface area contributed by atoms with Gasteiger partial charge < -0.3 is 4.90 Å². The van der Waals surface area contributed by atoms with E-state index >= 15 is 0 Å². The van der Waals surface area contributed by atoms with Gasteiger partial charge in [-0.25, -0.2) is 4.68 Å². The van der Waals surface area contributed by atoms with Crippen molar-refractivity contribution >= 4 is 11.6 Å². The molecule has 1 aromatic heterocycles. The summed E-state index contributed by atoms with van der Waals surface area (Å²) in [6.07, 6.45) is 5.82. The third-order valence-corrected chi connectivity index (χ3v) is 5.10. The number of likely N-dealkylation sites (N-methyl/N-ethyl adjacent to an activating group) is 1. The standard InChI is InChI=1S/C22H24N4O/c1-24(16-18-15-23-26(17-18)20-11-6-3-7-12-20)21-13-8-14-25(22(21)27)19-9-4-2-5-10-19/h2-7,9-12,15,17,21H,8,13-14,16H2,1H3. The van der Waals surface area contributed by atoms with Crippen molar-refractivity contribution in [3.05, 3.63) is 78.6 Å². The van der Waals surface area contributed by atoms with Gasteiger partial charge in [0.05, 0.1) is 17.9 Å². The zero-order valence-corrected chi connectivity index (χ0v) is 15.5. The number of hydrogen-bond donors (Lipinski definition) is 0. The molecule has 2 aromatic carbocycles. The molecule has 3 aromatic rings. The van der Waals surface area contributed by atoms with Gasteiger partial charge in [0.25, 0.3) is 0 Å². The van der Waals surface area contributed by atoms with Crippen molar-refractivity contribution in [2.75, 3.05) is 18.5 Å². The van der Waals surface area contributed by atoms with Crippen LogP contribution in [0.5, 0.6) is 0 Å². The minimum atomic E-state index is -0.0981. The normalized spacial score (nSPS) is 17.5. The predicted molar refractivity (Wildman–Crippen MR) is 107 cm³/mol. The molecule has 27 heavy (non-hydrogen) atoms. The Balaban J connectivity index is 1.46. The van der Waals surface area contributed by atoms with Crippen molar-refractivity contribution in [2.24, 2.45) is 0 Å². The number of anilines is 1. The van der Waals surface area contributed by atoms with E-state index in [2.05, 4.69) is 10.00 Å². The maximum Gasteiger partial charge on any atom is 0.244 e. The maximum absolute atomic E-state index is 13.0. The number of piperidine rings is 1. The Morgan fingerprint density at radius 1 is 1.04 bits per heavy atom. The van der Waals surface area contributed by atoms with E-state index in [0.717, 1.165) is 36.3 Å². The van der Waals surface area contributed by atoms with Crippen LogP contribution in [0.1, 0.15) is 18.4 Å². The Hall–Kier alpha value is -2.92. The lowest BCUT2D eigenvalue weighted by molar-refractivity contribution is -0.125. The molecule has 1 amide bonds. The number of benzene rings is 2. The maximum atomic E-state index is 13.0. The van der Waals surface area contributed by atoms with Crippen LogP contribution >= 0.6 is 0 Å². The molecule has 1 aliphatic rings. The van der Waals surface area contributed by atoms with E-state index in [-0.39, 0.29) is 11.9 Å². The summed E-state index contributed by atoms with van der Waals surface area (Å²) in [5.41, 5.74) is 3.12. The molecule has 1 saturated heterocycles. The lowest BCUT2D eigenvalue weighted by atomic mass is 10.0. The minimum Gasteiger partial charge on any atom is -0.311 e. The molecule has 0 aliphatic carbocycles. The second-order valence-corrected chi connectivity index (χ2v) is 7.03. The largest absolute Gasteiger partial charge is 0.311 e. The lowest BCUT2D eigenvalue weighted by Gasteiger charge is -2.36. The van der Waals surface area contributed by atoms with Crippen LogP contribution in [0.15, 0.2) is 73.1 Å². The number of amides is 1. The SMILES string of the molecule is CN(Cc1cnn(-c2ccccc2)c1)C1CCCN(c2ccccc2)C1=O.